The number of hydrogen-bond donors (Lipinski definition) is 1. The van der Waals surface area contributed by atoms with Crippen LogP contribution in [0.15, 0.2) is 53.4 Å². The topological polar surface area (TPSA) is 81.7 Å². The molecule has 1 unspecified atom stereocenters. The number of benzene rings is 2. The second-order valence-corrected chi connectivity index (χ2v) is 8.00. The summed E-state index contributed by atoms with van der Waals surface area (Å²) in [6.45, 7) is 1.83. The molecule has 0 bridgehead atoms. The minimum atomic E-state index is -3.24. The van der Waals surface area contributed by atoms with Crippen LogP contribution in [0.2, 0.25) is 0 Å². The zero-order valence-corrected chi connectivity index (χ0v) is 16.5. The Morgan fingerprint density at radius 3 is 2.30 bits per heavy atom. The van der Waals surface area contributed by atoms with Gasteiger partial charge in [0.2, 0.25) is 5.91 Å². The Hall–Kier alpha value is -2.80. The number of methoxy groups -OCH3 is 2. The fraction of sp³-hybridized carbons (Fsp3) is 0.250. The molecule has 0 saturated heterocycles. The molecule has 27 heavy (non-hydrogen) atoms. The summed E-state index contributed by atoms with van der Waals surface area (Å²) in [4.78, 5) is 12.5. The number of hydrogen-bond acceptors (Lipinski definition) is 5. The van der Waals surface area contributed by atoms with Gasteiger partial charge < -0.3 is 14.8 Å². The Balaban J connectivity index is 2.08. The normalized spacial score (nSPS) is 12.6. The number of nitrogens with one attached hydrogen (secondary N) is 1. The van der Waals surface area contributed by atoms with Crippen LogP contribution in [0, 0.1) is 0 Å². The fourth-order valence-electron chi connectivity index (χ4n) is 2.56. The Morgan fingerprint density at radius 1 is 1.07 bits per heavy atom. The largest absolute Gasteiger partial charge is 0.493 e. The Kier molecular flexibility index (Phi) is 6.63. The first kappa shape index (κ1) is 20.5. The molecular weight excluding hydrogens is 366 g/mol. The minimum absolute atomic E-state index is 0.245. The second-order valence-electron chi connectivity index (χ2n) is 5.99. The van der Waals surface area contributed by atoms with E-state index in [4.69, 9.17) is 9.47 Å². The lowest BCUT2D eigenvalue weighted by atomic mass is 10.1. The van der Waals surface area contributed by atoms with Crippen molar-refractivity contribution in [3.05, 3.63) is 59.7 Å². The van der Waals surface area contributed by atoms with E-state index in [0.717, 1.165) is 17.4 Å². The summed E-state index contributed by atoms with van der Waals surface area (Å²) in [5.41, 5.74) is 1.53. The molecule has 0 aliphatic heterocycles. The van der Waals surface area contributed by atoms with E-state index < -0.39 is 9.84 Å². The predicted octanol–water partition coefficient (Wildman–Crippen LogP) is 3.00. The molecule has 0 aliphatic carbocycles. The number of ether oxygens (including phenoxy) is 2. The van der Waals surface area contributed by atoms with Gasteiger partial charge in [-0.25, -0.2) is 8.42 Å². The van der Waals surface area contributed by atoms with E-state index in [1.54, 1.807) is 31.4 Å². The Labute approximate surface area is 159 Å². The second kappa shape index (κ2) is 8.73. The van der Waals surface area contributed by atoms with Crippen molar-refractivity contribution in [2.45, 2.75) is 17.9 Å². The molecule has 0 saturated carbocycles. The van der Waals surface area contributed by atoms with Gasteiger partial charge in [-0.05, 0) is 36.8 Å². The zero-order valence-electron chi connectivity index (χ0n) is 15.7. The lowest BCUT2D eigenvalue weighted by Gasteiger charge is -2.13. The smallest absolute Gasteiger partial charge is 0.244 e. The van der Waals surface area contributed by atoms with Gasteiger partial charge in [-0.3, -0.25) is 4.79 Å². The number of carbonyl (C=O) groups excluding carboxylic acids is 1. The molecule has 0 fully saturated rings. The third kappa shape index (κ3) is 5.34. The van der Waals surface area contributed by atoms with Crippen molar-refractivity contribution in [3.8, 4) is 11.5 Å². The van der Waals surface area contributed by atoms with Crippen LogP contribution in [0.3, 0.4) is 0 Å². The number of para-hydroxylation sites is 1. The van der Waals surface area contributed by atoms with Gasteiger partial charge >= 0.3 is 0 Å². The van der Waals surface area contributed by atoms with Gasteiger partial charge in [0.25, 0.3) is 0 Å². The van der Waals surface area contributed by atoms with Gasteiger partial charge in [0.05, 0.1) is 25.2 Å². The van der Waals surface area contributed by atoms with E-state index in [-0.39, 0.29) is 16.8 Å². The van der Waals surface area contributed by atoms with Gasteiger partial charge in [0.1, 0.15) is 0 Å². The molecule has 0 spiro atoms. The fourth-order valence-corrected chi connectivity index (χ4v) is 3.19. The van der Waals surface area contributed by atoms with Crippen LogP contribution in [0.4, 0.5) is 0 Å². The van der Waals surface area contributed by atoms with Crippen molar-refractivity contribution < 1.29 is 22.7 Å². The highest BCUT2D eigenvalue weighted by atomic mass is 32.2. The molecule has 2 aromatic rings. The van der Waals surface area contributed by atoms with Gasteiger partial charge in [-0.15, -0.1) is 0 Å². The van der Waals surface area contributed by atoms with Crippen molar-refractivity contribution in [2.24, 2.45) is 0 Å². The average molecular weight is 389 g/mol. The maximum absolute atomic E-state index is 12.2. The maximum Gasteiger partial charge on any atom is 0.244 e. The third-order valence-electron chi connectivity index (χ3n) is 4.01. The summed E-state index contributed by atoms with van der Waals surface area (Å²) in [5.74, 6) is 0.854. The van der Waals surface area contributed by atoms with E-state index in [0.29, 0.717) is 11.5 Å². The lowest BCUT2D eigenvalue weighted by Crippen LogP contribution is -2.24. The highest BCUT2D eigenvalue weighted by molar-refractivity contribution is 7.90. The molecule has 1 amide bonds. The van der Waals surface area contributed by atoms with Crippen LogP contribution in [0.5, 0.6) is 11.5 Å². The number of carbonyl (C=O) groups is 1. The third-order valence-corrected chi connectivity index (χ3v) is 5.14. The molecule has 2 aromatic carbocycles. The van der Waals surface area contributed by atoms with E-state index in [9.17, 15) is 13.2 Å². The monoisotopic (exact) mass is 389 g/mol. The van der Waals surface area contributed by atoms with Crippen LogP contribution >= 0.6 is 0 Å². The molecule has 0 aromatic heterocycles. The number of amides is 1. The van der Waals surface area contributed by atoms with Crippen molar-refractivity contribution in [1.82, 2.24) is 5.32 Å². The van der Waals surface area contributed by atoms with E-state index in [2.05, 4.69) is 5.32 Å². The van der Waals surface area contributed by atoms with Gasteiger partial charge in [0, 0.05) is 17.9 Å². The van der Waals surface area contributed by atoms with Crippen LogP contribution < -0.4 is 14.8 Å². The maximum atomic E-state index is 12.2. The average Bonchev–Trinajstić information content (AvgIpc) is 2.65. The van der Waals surface area contributed by atoms with Crippen molar-refractivity contribution >= 4 is 21.8 Å². The molecule has 144 valence electrons. The van der Waals surface area contributed by atoms with E-state index in [1.165, 1.54) is 25.3 Å². The van der Waals surface area contributed by atoms with Crippen molar-refractivity contribution in [2.75, 3.05) is 20.5 Å². The van der Waals surface area contributed by atoms with Crippen molar-refractivity contribution in [3.63, 3.8) is 0 Å². The van der Waals surface area contributed by atoms with Gasteiger partial charge in [0.15, 0.2) is 21.3 Å². The predicted molar refractivity (Wildman–Crippen MR) is 105 cm³/mol. The molecule has 1 N–H and O–H groups in total. The molecule has 7 heteroatoms. The molecular formula is C20H23NO5S. The standard InChI is InChI=1S/C20H23NO5S/c1-14(15-8-11-17(12-9-15)27(4,23)24)21-19(22)13-10-16-6-5-7-18(25-2)20(16)26-3/h5-14H,1-4H3,(H,21,22). The summed E-state index contributed by atoms with van der Waals surface area (Å²) in [5, 5.41) is 2.84. The first-order valence-electron chi connectivity index (χ1n) is 8.26. The SMILES string of the molecule is COc1cccc(C=CC(=O)NC(C)c2ccc(S(C)(=O)=O)cc2)c1OC. The summed E-state index contributed by atoms with van der Waals surface area (Å²) < 4.78 is 33.6. The summed E-state index contributed by atoms with van der Waals surface area (Å²) in [6, 6.07) is 11.6. The lowest BCUT2D eigenvalue weighted by molar-refractivity contribution is -0.117. The van der Waals surface area contributed by atoms with Crippen LogP contribution in [-0.4, -0.2) is 34.8 Å². The van der Waals surface area contributed by atoms with Gasteiger partial charge in [-0.2, -0.15) is 0 Å². The summed E-state index contributed by atoms with van der Waals surface area (Å²) in [6.07, 6.45) is 4.22. The molecule has 0 radical (unpaired) electrons. The Bertz CT molecular complexity index is 933. The first-order chi connectivity index (χ1) is 12.8. The van der Waals surface area contributed by atoms with Crippen molar-refractivity contribution in [1.29, 1.82) is 0 Å². The quantitative estimate of drug-likeness (QED) is 0.736. The molecule has 2 rings (SSSR count). The van der Waals surface area contributed by atoms with Crippen LogP contribution in [0.25, 0.3) is 6.08 Å². The highest BCUT2D eigenvalue weighted by Crippen LogP contribution is 2.31. The summed E-state index contributed by atoms with van der Waals surface area (Å²) in [7, 11) is -0.151. The molecule has 6 nitrogen and oxygen atoms in total. The van der Waals surface area contributed by atoms with E-state index >= 15 is 0 Å². The molecule has 1 atom stereocenters. The van der Waals surface area contributed by atoms with Gasteiger partial charge in [-0.1, -0.05) is 24.3 Å². The minimum Gasteiger partial charge on any atom is -0.493 e. The summed E-state index contributed by atoms with van der Waals surface area (Å²) >= 11 is 0. The Morgan fingerprint density at radius 2 is 1.74 bits per heavy atom. The number of rotatable bonds is 7. The van der Waals surface area contributed by atoms with Crippen LogP contribution in [-0.2, 0) is 14.6 Å². The highest BCUT2D eigenvalue weighted by Gasteiger charge is 2.11. The van der Waals surface area contributed by atoms with E-state index in [1.807, 2.05) is 19.1 Å². The molecule has 0 heterocycles. The number of sulfone groups is 1. The van der Waals surface area contributed by atoms with Crippen LogP contribution in [0.1, 0.15) is 24.1 Å². The molecule has 0 aliphatic rings. The zero-order chi connectivity index (χ0) is 20.0. The first-order valence-corrected chi connectivity index (χ1v) is 10.1.